The van der Waals surface area contributed by atoms with Gasteiger partial charge in [0, 0.05) is 6.04 Å². The van der Waals surface area contributed by atoms with Gasteiger partial charge in [0.25, 0.3) is 0 Å². The number of nitrogens with one attached hydrogen (secondary N) is 1. The molecule has 2 atom stereocenters. The largest absolute Gasteiger partial charge is 0.237 e. The van der Waals surface area contributed by atoms with E-state index in [9.17, 15) is 4.21 Å². The zero-order valence-electron chi connectivity index (χ0n) is 10.6. The summed E-state index contributed by atoms with van der Waals surface area (Å²) in [6.45, 7) is 4.04. The maximum absolute atomic E-state index is 12.1. The van der Waals surface area contributed by atoms with Crippen LogP contribution in [0, 0.1) is 6.92 Å². The molecular formula is C15H17NOS. The van der Waals surface area contributed by atoms with Crippen molar-refractivity contribution in [1.82, 2.24) is 4.72 Å². The quantitative estimate of drug-likeness (QED) is 0.896. The van der Waals surface area contributed by atoms with Crippen LogP contribution >= 0.6 is 0 Å². The van der Waals surface area contributed by atoms with E-state index >= 15 is 0 Å². The molecule has 18 heavy (non-hydrogen) atoms. The Bertz CT molecular complexity index is 522. The van der Waals surface area contributed by atoms with E-state index in [4.69, 9.17) is 0 Å². The molecule has 0 aliphatic rings. The topological polar surface area (TPSA) is 29.1 Å². The van der Waals surface area contributed by atoms with Gasteiger partial charge in [0.1, 0.15) is 11.0 Å². The van der Waals surface area contributed by atoms with Crippen molar-refractivity contribution >= 4 is 11.0 Å². The molecule has 3 heteroatoms. The molecule has 94 valence electrons. The summed E-state index contributed by atoms with van der Waals surface area (Å²) in [7, 11) is -1.17. The van der Waals surface area contributed by atoms with Crippen LogP contribution in [0.15, 0.2) is 59.5 Å². The highest BCUT2D eigenvalue weighted by Crippen LogP contribution is 2.14. The summed E-state index contributed by atoms with van der Waals surface area (Å²) in [6.07, 6.45) is 0. The zero-order chi connectivity index (χ0) is 13.0. The van der Waals surface area contributed by atoms with Crippen molar-refractivity contribution in [3.05, 3.63) is 65.7 Å². The Balaban J connectivity index is 2.06. The number of rotatable bonds is 4. The highest BCUT2D eigenvalue weighted by atomic mass is 32.2. The first-order valence-corrected chi connectivity index (χ1v) is 7.11. The first-order chi connectivity index (χ1) is 8.66. The number of benzene rings is 2. The SMILES string of the molecule is Cc1ccc(S(=O)N[C@@H](C)c2ccccc2)cc1. The van der Waals surface area contributed by atoms with Gasteiger partial charge in [0.15, 0.2) is 0 Å². The molecule has 2 rings (SSSR count). The van der Waals surface area contributed by atoms with Crippen molar-refractivity contribution in [3.63, 3.8) is 0 Å². The van der Waals surface area contributed by atoms with E-state index in [1.165, 1.54) is 5.56 Å². The summed E-state index contributed by atoms with van der Waals surface area (Å²) in [4.78, 5) is 0.809. The Labute approximate surface area is 111 Å². The molecule has 0 spiro atoms. The lowest BCUT2D eigenvalue weighted by Gasteiger charge is -2.13. The Hall–Kier alpha value is -1.45. The van der Waals surface area contributed by atoms with Crippen LogP contribution in [0.3, 0.4) is 0 Å². The second-order valence-corrected chi connectivity index (χ2v) is 5.58. The number of aryl methyl sites for hydroxylation is 1. The van der Waals surface area contributed by atoms with Gasteiger partial charge >= 0.3 is 0 Å². The summed E-state index contributed by atoms with van der Waals surface area (Å²) >= 11 is 0. The van der Waals surface area contributed by atoms with Crippen LogP contribution in [0.5, 0.6) is 0 Å². The number of hydrogen-bond donors (Lipinski definition) is 1. The van der Waals surface area contributed by atoms with E-state index in [1.54, 1.807) is 0 Å². The Morgan fingerprint density at radius 3 is 2.22 bits per heavy atom. The lowest BCUT2D eigenvalue weighted by Crippen LogP contribution is -2.21. The van der Waals surface area contributed by atoms with Crippen LogP contribution in [-0.4, -0.2) is 4.21 Å². The highest BCUT2D eigenvalue weighted by Gasteiger charge is 2.09. The van der Waals surface area contributed by atoms with E-state index in [0.717, 1.165) is 10.5 Å². The van der Waals surface area contributed by atoms with E-state index in [-0.39, 0.29) is 6.04 Å². The van der Waals surface area contributed by atoms with Crippen LogP contribution < -0.4 is 4.72 Å². The van der Waals surface area contributed by atoms with Crippen LogP contribution in [0.2, 0.25) is 0 Å². The lowest BCUT2D eigenvalue weighted by molar-refractivity contribution is 0.651. The lowest BCUT2D eigenvalue weighted by atomic mass is 10.1. The summed E-state index contributed by atoms with van der Waals surface area (Å²) in [5, 5.41) is 0. The fraction of sp³-hybridized carbons (Fsp3) is 0.200. The molecular weight excluding hydrogens is 242 g/mol. The zero-order valence-corrected chi connectivity index (χ0v) is 11.4. The van der Waals surface area contributed by atoms with Gasteiger partial charge in [-0.15, -0.1) is 0 Å². The van der Waals surface area contributed by atoms with Crippen molar-refractivity contribution < 1.29 is 4.21 Å². The third kappa shape index (κ3) is 3.28. The fourth-order valence-corrected chi connectivity index (χ4v) is 2.68. The third-order valence-corrected chi connectivity index (χ3v) is 4.09. The van der Waals surface area contributed by atoms with Gasteiger partial charge in [-0.2, -0.15) is 0 Å². The number of hydrogen-bond acceptors (Lipinski definition) is 1. The standard InChI is InChI=1S/C15H17NOS/c1-12-8-10-15(11-9-12)18(17)16-13(2)14-6-4-3-5-7-14/h3-11,13,16H,1-2H3/t13-,18?/m0/s1. The smallest absolute Gasteiger partial charge is 0.125 e. The average Bonchev–Trinajstić information content (AvgIpc) is 2.40. The molecule has 0 bridgehead atoms. The minimum Gasteiger partial charge on any atom is -0.237 e. The van der Waals surface area contributed by atoms with E-state index < -0.39 is 11.0 Å². The molecule has 2 aromatic carbocycles. The van der Waals surface area contributed by atoms with Crippen molar-refractivity contribution in [1.29, 1.82) is 0 Å². The second kappa shape index (κ2) is 5.94. The molecule has 0 amide bonds. The second-order valence-electron chi connectivity index (χ2n) is 4.33. The Morgan fingerprint density at radius 1 is 1.00 bits per heavy atom. The van der Waals surface area contributed by atoms with E-state index in [2.05, 4.69) is 4.72 Å². The first kappa shape index (κ1) is 13.0. The van der Waals surface area contributed by atoms with Crippen molar-refractivity contribution in [2.45, 2.75) is 24.8 Å². The minimum atomic E-state index is -1.17. The molecule has 2 nitrogen and oxygen atoms in total. The minimum absolute atomic E-state index is 0.0633. The predicted octanol–water partition coefficient (Wildman–Crippen LogP) is 3.37. The van der Waals surface area contributed by atoms with Gasteiger partial charge in [0.2, 0.25) is 0 Å². The summed E-state index contributed by atoms with van der Waals surface area (Å²) in [5.74, 6) is 0. The van der Waals surface area contributed by atoms with Crippen molar-refractivity contribution in [3.8, 4) is 0 Å². The summed E-state index contributed by atoms with van der Waals surface area (Å²) in [5.41, 5.74) is 2.31. The third-order valence-electron chi connectivity index (χ3n) is 2.82. The van der Waals surface area contributed by atoms with E-state index in [0.29, 0.717) is 0 Å². The molecule has 0 aliphatic carbocycles. The van der Waals surface area contributed by atoms with Crippen LogP contribution in [0.1, 0.15) is 24.1 Å². The van der Waals surface area contributed by atoms with Crippen molar-refractivity contribution in [2.75, 3.05) is 0 Å². The normalized spacial score (nSPS) is 14.1. The molecule has 0 fully saturated rings. The summed E-state index contributed by atoms with van der Waals surface area (Å²) in [6, 6.07) is 17.8. The Kier molecular flexibility index (Phi) is 4.28. The van der Waals surface area contributed by atoms with Gasteiger partial charge in [-0.25, -0.2) is 8.93 Å². The molecule has 0 saturated heterocycles. The molecule has 2 aromatic rings. The fourth-order valence-electron chi connectivity index (χ4n) is 1.70. The van der Waals surface area contributed by atoms with Gasteiger partial charge in [-0.05, 0) is 31.5 Å². The Morgan fingerprint density at radius 2 is 1.61 bits per heavy atom. The van der Waals surface area contributed by atoms with Gasteiger partial charge in [-0.3, -0.25) is 0 Å². The monoisotopic (exact) mass is 259 g/mol. The molecule has 0 aliphatic heterocycles. The van der Waals surface area contributed by atoms with Gasteiger partial charge in [-0.1, -0.05) is 48.0 Å². The molecule has 0 heterocycles. The van der Waals surface area contributed by atoms with E-state index in [1.807, 2.05) is 68.4 Å². The maximum Gasteiger partial charge on any atom is 0.125 e. The highest BCUT2D eigenvalue weighted by molar-refractivity contribution is 7.83. The van der Waals surface area contributed by atoms with Crippen molar-refractivity contribution in [2.24, 2.45) is 0 Å². The van der Waals surface area contributed by atoms with Gasteiger partial charge < -0.3 is 0 Å². The van der Waals surface area contributed by atoms with Crippen LogP contribution in [0.25, 0.3) is 0 Å². The predicted molar refractivity (Wildman–Crippen MR) is 75.6 cm³/mol. The molecule has 0 saturated carbocycles. The summed E-state index contributed by atoms with van der Waals surface area (Å²) < 4.78 is 15.2. The van der Waals surface area contributed by atoms with Gasteiger partial charge in [0.05, 0.1) is 4.90 Å². The van der Waals surface area contributed by atoms with Crippen LogP contribution in [0.4, 0.5) is 0 Å². The molecule has 1 unspecified atom stereocenters. The molecule has 0 aromatic heterocycles. The first-order valence-electron chi connectivity index (χ1n) is 5.96. The molecule has 0 radical (unpaired) electrons. The maximum atomic E-state index is 12.1. The average molecular weight is 259 g/mol. The molecule has 1 N–H and O–H groups in total. The van der Waals surface area contributed by atoms with Crippen LogP contribution in [-0.2, 0) is 11.0 Å².